The maximum absolute atomic E-state index is 13.9. The molecule has 1 amide bonds. The molecule has 20 heavy (non-hydrogen) atoms. The van der Waals surface area contributed by atoms with Crippen LogP contribution in [0.15, 0.2) is 6.33 Å². The third kappa shape index (κ3) is 3.63. The van der Waals surface area contributed by atoms with Crippen molar-refractivity contribution in [2.45, 2.75) is 19.8 Å². The van der Waals surface area contributed by atoms with Gasteiger partial charge in [-0.15, -0.1) is 0 Å². The molecule has 0 spiro atoms. The molecule has 2 heterocycles. The van der Waals surface area contributed by atoms with Crippen molar-refractivity contribution in [2.75, 3.05) is 38.2 Å². The quantitative estimate of drug-likeness (QED) is 0.867. The van der Waals surface area contributed by atoms with Crippen molar-refractivity contribution in [1.82, 2.24) is 14.9 Å². The maximum atomic E-state index is 13.9. The molecule has 1 saturated heterocycles. The average molecular weight is 282 g/mol. The van der Waals surface area contributed by atoms with Crippen molar-refractivity contribution < 1.29 is 13.9 Å². The van der Waals surface area contributed by atoms with Gasteiger partial charge in [0.2, 0.25) is 5.91 Å². The van der Waals surface area contributed by atoms with Gasteiger partial charge in [0.25, 0.3) is 0 Å². The van der Waals surface area contributed by atoms with Crippen LogP contribution in [-0.4, -0.2) is 53.6 Å². The van der Waals surface area contributed by atoms with Crippen LogP contribution in [-0.2, 0) is 16.0 Å². The van der Waals surface area contributed by atoms with Crippen LogP contribution in [0, 0.1) is 5.82 Å². The first-order chi connectivity index (χ1) is 9.72. The predicted octanol–water partition coefficient (Wildman–Crippen LogP) is 0.839. The lowest BCUT2D eigenvalue weighted by molar-refractivity contribution is -0.134. The molecule has 110 valence electrons. The number of morpholine rings is 1. The van der Waals surface area contributed by atoms with Gasteiger partial charge in [-0.25, -0.2) is 14.4 Å². The van der Waals surface area contributed by atoms with E-state index in [0.29, 0.717) is 51.4 Å². The summed E-state index contributed by atoms with van der Waals surface area (Å²) < 4.78 is 19.0. The van der Waals surface area contributed by atoms with Crippen molar-refractivity contribution in [3.63, 3.8) is 0 Å². The van der Waals surface area contributed by atoms with Crippen molar-refractivity contribution >= 4 is 11.7 Å². The summed E-state index contributed by atoms with van der Waals surface area (Å²) >= 11 is 0. The molecule has 0 unspecified atom stereocenters. The smallest absolute Gasteiger partial charge is 0.224 e. The lowest BCUT2D eigenvalue weighted by Gasteiger charge is -2.26. The van der Waals surface area contributed by atoms with Crippen LogP contribution in [0.2, 0.25) is 0 Å². The van der Waals surface area contributed by atoms with E-state index < -0.39 is 5.82 Å². The Morgan fingerprint density at radius 1 is 1.45 bits per heavy atom. The summed E-state index contributed by atoms with van der Waals surface area (Å²) in [5.41, 5.74) is 0.377. The van der Waals surface area contributed by atoms with E-state index in [4.69, 9.17) is 4.74 Å². The SMILES string of the molecule is CCc1ncnc(NCCC(=O)N2CCOCC2)c1F. The van der Waals surface area contributed by atoms with Crippen LogP contribution in [0.5, 0.6) is 0 Å². The molecule has 0 saturated carbocycles. The standard InChI is InChI=1S/C13H19FN4O2/c1-2-10-12(14)13(17-9-16-10)15-4-3-11(19)18-5-7-20-8-6-18/h9H,2-8H2,1H3,(H,15,16,17). The highest BCUT2D eigenvalue weighted by Gasteiger charge is 2.16. The highest BCUT2D eigenvalue weighted by atomic mass is 19.1. The zero-order valence-corrected chi connectivity index (χ0v) is 11.6. The molecule has 2 rings (SSSR count). The Bertz CT molecular complexity index is 464. The van der Waals surface area contributed by atoms with Gasteiger partial charge in [-0.05, 0) is 6.42 Å². The second-order valence-corrected chi connectivity index (χ2v) is 4.51. The Morgan fingerprint density at radius 2 is 2.20 bits per heavy atom. The molecule has 0 radical (unpaired) electrons. The first kappa shape index (κ1) is 14.6. The zero-order chi connectivity index (χ0) is 14.4. The van der Waals surface area contributed by atoms with E-state index in [-0.39, 0.29) is 11.7 Å². The number of anilines is 1. The molecule has 6 nitrogen and oxygen atoms in total. The fourth-order valence-corrected chi connectivity index (χ4v) is 2.03. The molecule has 1 aromatic rings. The van der Waals surface area contributed by atoms with Crippen molar-refractivity contribution in [3.05, 3.63) is 17.8 Å². The normalized spacial score (nSPS) is 15.2. The Balaban J connectivity index is 1.82. The van der Waals surface area contributed by atoms with Crippen LogP contribution < -0.4 is 5.32 Å². The molecule has 0 aromatic carbocycles. The Morgan fingerprint density at radius 3 is 2.90 bits per heavy atom. The first-order valence-corrected chi connectivity index (χ1v) is 6.81. The molecule has 1 fully saturated rings. The number of nitrogens with one attached hydrogen (secondary N) is 1. The van der Waals surface area contributed by atoms with Gasteiger partial charge in [0.15, 0.2) is 11.6 Å². The van der Waals surface area contributed by atoms with Crippen LogP contribution in [0.4, 0.5) is 10.2 Å². The molecule has 0 bridgehead atoms. The topological polar surface area (TPSA) is 67.4 Å². The minimum absolute atomic E-state index is 0.0472. The largest absolute Gasteiger partial charge is 0.378 e. The second kappa shape index (κ2) is 7.14. The number of halogens is 1. The number of rotatable bonds is 5. The van der Waals surface area contributed by atoms with Gasteiger partial charge in [-0.1, -0.05) is 6.92 Å². The molecule has 7 heteroatoms. The molecular weight excluding hydrogens is 263 g/mol. The van der Waals surface area contributed by atoms with Crippen LogP contribution >= 0.6 is 0 Å². The summed E-state index contributed by atoms with van der Waals surface area (Å²) in [5, 5.41) is 2.85. The van der Waals surface area contributed by atoms with E-state index in [1.165, 1.54) is 6.33 Å². The molecular formula is C13H19FN4O2. The molecule has 1 aromatic heterocycles. The van der Waals surface area contributed by atoms with Gasteiger partial charge in [0, 0.05) is 26.1 Å². The summed E-state index contributed by atoms with van der Waals surface area (Å²) in [6.07, 6.45) is 2.15. The molecule has 0 atom stereocenters. The number of ether oxygens (including phenoxy) is 1. The Kier molecular flexibility index (Phi) is 5.23. The first-order valence-electron chi connectivity index (χ1n) is 6.81. The van der Waals surface area contributed by atoms with E-state index in [9.17, 15) is 9.18 Å². The average Bonchev–Trinajstić information content (AvgIpc) is 2.49. The number of nitrogens with zero attached hydrogens (tertiary/aromatic N) is 3. The minimum atomic E-state index is -0.436. The lowest BCUT2D eigenvalue weighted by Crippen LogP contribution is -2.41. The third-order valence-electron chi connectivity index (χ3n) is 3.19. The fraction of sp³-hybridized carbons (Fsp3) is 0.615. The van der Waals surface area contributed by atoms with Gasteiger partial charge >= 0.3 is 0 Å². The third-order valence-corrected chi connectivity index (χ3v) is 3.19. The summed E-state index contributed by atoms with van der Waals surface area (Å²) in [7, 11) is 0. The predicted molar refractivity (Wildman–Crippen MR) is 71.9 cm³/mol. The van der Waals surface area contributed by atoms with Crippen LogP contribution in [0.3, 0.4) is 0 Å². The number of hydrogen-bond donors (Lipinski definition) is 1. The van der Waals surface area contributed by atoms with Crippen molar-refractivity contribution in [3.8, 4) is 0 Å². The van der Waals surface area contributed by atoms with E-state index in [2.05, 4.69) is 15.3 Å². The van der Waals surface area contributed by atoms with Gasteiger partial charge in [-0.3, -0.25) is 4.79 Å². The highest BCUT2D eigenvalue weighted by molar-refractivity contribution is 5.76. The van der Waals surface area contributed by atoms with Gasteiger partial charge < -0.3 is 15.0 Å². The molecule has 0 aliphatic carbocycles. The highest BCUT2D eigenvalue weighted by Crippen LogP contribution is 2.13. The number of carbonyl (C=O) groups is 1. The molecule has 1 N–H and O–H groups in total. The summed E-state index contributed by atoms with van der Waals surface area (Å²) in [5.74, 6) is -0.230. The summed E-state index contributed by atoms with van der Waals surface area (Å²) in [6, 6.07) is 0. The summed E-state index contributed by atoms with van der Waals surface area (Å²) in [6.45, 7) is 4.60. The minimum Gasteiger partial charge on any atom is -0.378 e. The summed E-state index contributed by atoms with van der Waals surface area (Å²) in [4.78, 5) is 21.4. The number of aromatic nitrogens is 2. The Hall–Kier alpha value is -1.76. The van der Waals surface area contributed by atoms with E-state index in [1.54, 1.807) is 4.90 Å². The van der Waals surface area contributed by atoms with Crippen molar-refractivity contribution in [1.29, 1.82) is 0 Å². The Labute approximate surface area is 117 Å². The molecule has 1 aliphatic heterocycles. The maximum Gasteiger partial charge on any atom is 0.224 e. The second-order valence-electron chi connectivity index (χ2n) is 4.51. The van der Waals surface area contributed by atoms with Crippen LogP contribution in [0.1, 0.15) is 19.0 Å². The fourth-order valence-electron chi connectivity index (χ4n) is 2.03. The van der Waals surface area contributed by atoms with E-state index in [0.717, 1.165) is 0 Å². The van der Waals surface area contributed by atoms with Crippen LogP contribution in [0.25, 0.3) is 0 Å². The molecule has 1 aliphatic rings. The zero-order valence-electron chi connectivity index (χ0n) is 11.6. The van der Waals surface area contributed by atoms with Gasteiger partial charge in [0.05, 0.1) is 18.9 Å². The number of amides is 1. The number of aryl methyl sites for hydroxylation is 1. The number of carbonyl (C=O) groups excluding carboxylic acids is 1. The lowest BCUT2D eigenvalue weighted by atomic mass is 10.3. The van der Waals surface area contributed by atoms with Gasteiger partial charge in [0.1, 0.15) is 6.33 Å². The van der Waals surface area contributed by atoms with Gasteiger partial charge in [-0.2, -0.15) is 0 Å². The van der Waals surface area contributed by atoms with E-state index in [1.807, 2.05) is 6.92 Å². The monoisotopic (exact) mass is 282 g/mol. The van der Waals surface area contributed by atoms with E-state index >= 15 is 0 Å². The number of hydrogen-bond acceptors (Lipinski definition) is 5. The van der Waals surface area contributed by atoms with Crippen molar-refractivity contribution in [2.24, 2.45) is 0 Å².